The van der Waals surface area contributed by atoms with Gasteiger partial charge in [-0.15, -0.1) is 0 Å². The molecule has 2 N–H and O–H groups in total. The fraction of sp³-hybridized carbons (Fsp3) is 0.462. The van der Waals surface area contributed by atoms with Crippen molar-refractivity contribution in [2.24, 2.45) is 0 Å². The third kappa shape index (κ3) is 6.25. The highest BCUT2D eigenvalue weighted by Gasteiger charge is 2.13. The van der Waals surface area contributed by atoms with Gasteiger partial charge in [-0.3, -0.25) is 9.59 Å². The lowest BCUT2D eigenvalue weighted by molar-refractivity contribution is -0.121. The van der Waals surface area contributed by atoms with E-state index < -0.39 is 0 Å². The molecule has 0 aliphatic carbocycles. The van der Waals surface area contributed by atoms with Gasteiger partial charge < -0.3 is 20.4 Å². The van der Waals surface area contributed by atoms with Crippen molar-refractivity contribution in [1.82, 2.24) is 0 Å². The van der Waals surface area contributed by atoms with Crippen LogP contribution in [0.4, 0.5) is 22.7 Å². The summed E-state index contributed by atoms with van der Waals surface area (Å²) in [4.78, 5) is 29.3. The molecule has 2 aliphatic rings. The Morgan fingerprint density at radius 1 is 0.562 bits per heavy atom. The number of piperidine rings is 2. The predicted octanol–water partition coefficient (Wildman–Crippen LogP) is 5.02. The lowest BCUT2D eigenvalue weighted by atomic mass is 10.1. The van der Waals surface area contributed by atoms with Crippen LogP contribution in [-0.4, -0.2) is 38.0 Å². The number of anilines is 4. The van der Waals surface area contributed by atoms with Gasteiger partial charge in [-0.25, -0.2) is 0 Å². The second-order valence-electron chi connectivity index (χ2n) is 8.79. The third-order valence-corrected chi connectivity index (χ3v) is 6.32. The third-order valence-electron chi connectivity index (χ3n) is 6.32. The monoisotopic (exact) mass is 434 g/mol. The predicted molar refractivity (Wildman–Crippen MR) is 132 cm³/mol. The number of carbonyl (C=O) groups is 2. The Morgan fingerprint density at radius 2 is 0.906 bits per heavy atom. The molecule has 2 aromatic carbocycles. The first kappa shape index (κ1) is 22.2. The molecule has 2 fully saturated rings. The smallest absolute Gasteiger partial charge is 0.224 e. The van der Waals surface area contributed by atoms with Crippen LogP contribution in [0.15, 0.2) is 48.5 Å². The summed E-state index contributed by atoms with van der Waals surface area (Å²) in [6.07, 6.45) is 7.89. The minimum Gasteiger partial charge on any atom is -0.372 e. The van der Waals surface area contributed by atoms with Gasteiger partial charge in [0.05, 0.1) is 0 Å². The van der Waals surface area contributed by atoms with E-state index in [0.717, 1.165) is 37.6 Å². The number of rotatable bonds is 7. The highest BCUT2D eigenvalue weighted by atomic mass is 16.2. The van der Waals surface area contributed by atoms with Gasteiger partial charge in [0, 0.05) is 61.8 Å². The maximum Gasteiger partial charge on any atom is 0.224 e. The van der Waals surface area contributed by atoms with Crippen LogP contribution in [0.3, 0.4) is 0 Å². The molecule has 6 heteroatoms. The van der Waals surface area contributed by atoms with E-state index in [-0.39, 0.29) is 24.7 Å². The minimum absolute atomic E-state index is 0.147. The first-order chi connectivity index (χ1) is 15.7. The van der Waals surface area contributed by atoms with Crippen LogP contribution >= 0.6 is 0 Å². The van der Waals surface area contributed by atoms with E-state index in [4.69, 9.17) is 0 Å². The maximum atomic E-state index is 12.3. The van der Waals surface area contributed by atoms with Gasteiger partial charge in [-0.2, -0.15) is 0 Å². The van der Waals surface area contributed by atoms with Gasteiger partial charge in [0.15, 0.2) is 0 Å². The average molecular weight is 435 g/mol. The molecule has 2 aromatic rings. The fourth-order valence-electron chi connectivity index (χ4n) is 4.49. The molecule has 2 amide bonds. The number of carbonyl (C=O) groups excluding carboxylic acids is 2. The molecule has 2 saturated heterocycles. The molecule has 4 rings (SSSR count). The van der Waals surface area contributed by atoms with Crippen molar-refractivity contribution in [2.45, 2.75) is 51.4 Å². The lowest BCUT2D eigenvalue weighted by Crippen LogP contribution is -2.29. The summed E-state index contributed by atoms with van der Waals surface area (Å²) in [5.41, 5.74) is 3.94. The van der Waals surface area contributed by atoms with Gasteiger partial charge >= 0.3 is 0 Å². The molecule has 32 heavy (non-hydrogen) atoms. The van der Waals surface area contributed by atoms with E-state index in [1.807, 2.05) is 24.3 Å². The Kier molecular flexibility index (Phi) is 7.64. The zero-order chi connectivity index (χ0) is 22.2. The highest BCUT2D eigenvalue weighted by molar-refractivity contribution is 5.96. The molecular formula is C26H34N4O2. The fourth-order valence-corrected chi connectivity index (χ4v) is 4.49. The average Bonchev–Trinajstić information content (AvgIpc) is 2.85. The Bertz CT molecular complexity index is 808. The molecule has 6 nitrogen and oxygen atoms in total. The number of hydrogen-bond donors (Lipinski definition) is 2. The minimum atomic E-state index is -0.147. The maximum absolute atomic E-state index is 12.3. The van der Waals surface area contributed by atoms with Crippen LogP contribution in [0.5, 0.6) is 0 Å². The van der Waals surface area contributed by atoms with E-state index in [9.17, 15) is 9.59 Å². The molecule has 0 unspecified atom stereocenters. The van der Waals surface area contributed by atoms with E-state index in [2.05, 4.69) is 44.7 Å². The summed E-state index contributed by atoms with van der Waals surface area (Å²) in [7, 11) is 0. The van der Waals surface area contributed by atoms with Crippen LogP contribution in [0, 0.1) is 0 Å². The van der Waals surface area contributed by atoms with Crippen LogP contribution in [0.1, 0.15) is 51.4 Å². The van der Waals surface area contributed by atoms with Gasteiger partial charge in [0.25, 0.3) is 0 Å². The second-order valence-corrected chi connectivity index (χ2v) is 8.79. The van der Waals surface area contributed by atoms with Crippen molar-refractivity contribution in [2.75, 3.05) is 46.6 Å². The van der Waals surface area contributed by atoms with Crippen LogP contribution < -0.4 is 20.4 Å². The van der Waals surface area contributed by atoms with E-state index >= 15 is 0 Å². The zero-order valence-corrected chi connectivity index (χ0v) is 18.8. The molecule has 2 aliphatic heterocycles. The molecule has 0 radical (unpaired) electrons. The number of hydrogen-bond acceptors (Lipinski definition) is 4. The van der Waals surface area contributed by atoms with Crippen molar-refractivity contribution in [3.05, 3.63) is 48.5 Å². The van der Waals surface area contributed by atoms with Crippen LogP contribution in [-0.2, 0) is 9.59 Å². The summed E-state index contributed by atoms with van der Waals surface area (Å²) in [5, 5.41) is 5.78. The van der Waals surface area contributed by atoms with Gasteiger partial charge in [-0.05, 0) is 87.1 Å². The molecule has 0 spiro atoms. The zero-order valence-electron chi connectivity index (χ0n) is 18.8. The van der Waals surface area contributed by atoms with Crippen molar-refractivity contribution >= 4 is 34.6 Å². The van der Waals surface area contributed by atoms with Crippen LogP contribution in [0.2, 0.25) is 0 Å². The van der Waals surface area contributed by atoms with E-state index in [1.54, 1.807) is 0 Å². The second kappa shape index (κ2) is 11.0. The molecule has 0 atom stereocenters. The summed E-state index contributed by atoms with van der Waals surface area (Å²) in [5.74, 6) is -0.294. The van der Waals surface area contributed by atoms with Gasteiger partial charge in [0.2, 0.25) is 11.8 Å². The summed E-state index contributed by atoms with van der Waals surface area (Å²) < 4.78 is 0. The van der Waals surface area contributed by atoms with Crippen molar-refractivity contribution in [1.29, 1.82) is 0 Å². The number of nitrogens with one attached hydrogen (secondary N) is 2. The Morgan fingerprint density at radius 3 is 1.25 bits per heavy atom. The molecule has 0 aromatic heterocycles. The number of benzene rings is 2. The Hall–Kier alpha value is -3.02. The summed E-state index contributed by atoms with van der Waals surface area (Å²) in [6, 6.07) is 16.0. The standard InChI is InChI=1S/C26H34N4O2/c31-25(27-21-7-11-23(12-8-21)29-17-3-1-4-18-29)15-16-26(32)28-22-9-13-24(14-10-22)30-19-5-2-6-20-30/h7-14H,1-6,15-20H2,(H,27,31)(H,28,32). The molecule has 170 valence electrons. The topological polar surface area (TPSA) is 64.7 Å². The van der Waals surface area contributed by atoms with Crippen molar-refractivity contribution in [3.63, 3.8) is 0 Å². The van der Waals surface area contributed by atoms with Gasteiger partial charge in [-0.1, -0.05) is 0 Å². The largest absolute Gasteiger partial charge is 0.372 e. The summed E-state index contributed by atoms with van der Waals surface area (Å²) >= 11 is 0. The number of nitrogens with zero attached hydrogens (tertiary/aromatic N) is 2. The Balaban J connectivity index is 1.19. The molecule has 0 bridgehead atoms. The van der Waals surface area contributed by atoms with Gasteiger partial charge in [0.1, 0.15) is 0 Å². The first-order valence-corrected chi connectivity index (χ1v) is 12.0. The lowest BCUT2D eigenvalue weighted by Gasteiger charge is -2.28. The number of amides is 2. The first-order valence-electron chi connectivity index (χ1n) is 12.0. The Labute approximate surface area is 191 Å². The quantitative estimate of drug-likeness (QED) is 0.642. The van der Waals surface area contributed by atoms with Crippen molar-refractivity contribution in [3.8, 4) is 0 Å². The highest BCUT2D eigenvalue weighted by Crippen LogP contribution is 2.23. The SMILES string of the molecule is O=C(CCC(=O)Nc1ccc(N2CCCCC2)cc1)Nc1ccc(N2CCCCC2)cc1. The van der Waals surface area contributed by atoms with Crippen LogP contribution in [0.25, 0.3) is 0 Å². The normalized spacial score (nSPS) is 16.5. The summed E-state index contributed by atoms with van der Waals surface area (Å²) in [6.45, 7) is 4.40. The van der Waals surface area contributed by atoms with Crippen molar-refractivity contribution < 1.29 is 9.59 Å². The molecule has 0 saturated carbocycles. The van der Waals surface area contributed by atoms with E-state index in [1.165, 1.54) is 49.9 Å². The van der Waals surface area contributed by atoms with E-state index in [0.29, 0.717) is 0 Å². The molecule has 2 heterocycles. The molecular weight excluding hydrogens is 400 g/mol.